The Morgan fingerprint density at radius 3 is 2.72 bits per heavy atom. The molecule has 18 heavy (non-hydrogen) atoms. The summed E-state index contributed by atoms with van der Waals surface area (Å²) in [6, 6.07) is 4.66. The van der Waals surface area contributed by atoms with Crippen LogP contribution in [-0.4, -0.2) is 20.8 Å². The molecule has 0 aliphatic rings. The van der Waals surface area contributed by atoms with Gasteiger partial charge in [0.15, 0.2) is 0 Å². The molecule has 1 aromatic heterocycles. The summed E-state index contributed by atoms with van der Waals surface area (Å²) in [5, 5.41) is 7.33. The highest BCUT2D eigenvalue weighted by Crippen LogP contribution is 2.18. The summed E-state index contributed by atoms with van der Waals surface area (Å²) < 4.78 is 14.6. The van der Waals surface area contributed by atoms with Crippen molar-refractivity contribution in [2.24, 2.45) is 0 Å². The second-order valence-electron chi connectivity index (χ2n) is 4.44. The quantitative estimate of drug-likeness (QED) is 0.874. The molecule has 1 heterocycles. The van der Waals surface area contributed by atoms with Gasteiger partial charge in [-0.2, -0.15) is 9.67 Å². The summed E-state index contributed by atoms with van der Waals surface area (Å²) in [5.41, 5.74) is 7.28. The molecule has 0 amide bonds. The lowest BCUT2D eigenvalue weighted by Crippen LogP contribution is -2.11. The number of aryl methyl sites for hydroxylation is 1. The second kappa shape index (κ2) is 4.64. The van der Waals surface area contributed by atoms with Gasteiger partial charge in [0.25, 0.3) is 0 Å². The average molecular weight is 249 g/mol. The first-order valence-electron chi connectivity index (χ1n) is 5.73. The number of rotatable bonds is 3. The van der Waals surface area contributed by atoms with Crippen LogP contribution in [0, 0.1) is 12.7 Å². The van der Waals surface area contributed by atoms with Crippen LogP contribution < -0.4 is 11.1 Å². The molecular weight excluding hydrogens is 233 g/mol. The van der Waals surface area contributed by atoms with Crippen LogP contribution >= 0.6 is 0 Å². The van der Waals surface area contributed by atoms with Crippen molar-refractivity contribution in [1.82, 2.24) is 14.8 Å². The fourth-order valence-electron chi connectivity index (χ4n) is 1.68. The van der Waals surface area contributed by atoms with Crippen LogP contribution in [0.15, 0.2) is 18.2 Å². The number of halogens is 1. The predicted octanol–water partition coefficient (Wildman–Crippen LogP) is 2.12. The van der Waals surface area contributed by atoms with E-state index in [4.69, 9.17) is 5.73 Å². The zero-order valence-electron chi connectivity index (χ0n) is 10.6. The van der Waals surface area contributed by atoms with Crippen molar-refractivity contribution >= 4 is 11.9 Å². The fourth-order valence-corrected chi connectivity index (χ4v) is 1.68. The molecule has 0 spiro atoms. The lowest BCUT2D eigenvalue weighted by atomic mass is 10.2. The first kappa shape index (κ1) is 12.3. The Hall–Kier alpha value is -2.11. The van der Waals surface area contributed by atoms with Crippen molar-refractivity contribution in [1.29, 1.82) is 0 Å². The average Bonchev–Trinajstić information content (AvgIpc) is 2.58. The Kier molecular flexibility index (Phi) is 3.18. The van der Waals surface area contributed by atoms with Crippen LogP contribution in [0.5, 0.6) is 0 Å². The minimum atomic E-state index is -0.282. The maximum atomic E-state index is 13.1. The van der Waals surface area contributed by atoms with Gasteiger partial charge in [0.1, 0.15) is 5.82 Å². The van der Waals surface area contributed by atoms with E-state index in [1.807, 2.05) is 13.8 Å². The highest BCUT2D eigenvalue weighted by molar-refractivity contribution is 5.46. The molecule has 0 fully saturated rings. The van der Waals surface area contributed by atoms with Gasteiger partial charge in [0, 0.05) is 6.04 Å². The van der Waals surface area contributed by atoms with E-state index in [1.54, 1.807) is 13.0 Å². The third kappa shape index (κ3) is 2.42. The lowest BCUT2D eigenvalue weighted by Gasteiger charge is -2.06. The number of benzene rings is 1. The standard InChI is InChI=1S/C12H16FN5/c1-7(2)15-12-16-11(14)18(17-12)10-5-4-9(13)6-8(10)3/h4-7H,1-3H3,(H3,14,15,16,17). The van der Waals surface area contributed by atoms with Gasteiger partial charge in [-0.05, 0) is 44.5 Å². The molecule has 2 aromatic rings. The van der Waals surface area contributed by atoms with E-state index in [2.05, 4.69) is 15.4 Å². The van der Waals surface area contributed by atoms with Gasteiger partial charge in [0.2, 0.25) is 11.9 Å². The number of nitrogens with one attached hydrogen (secondary N) is 1. The monoisotopic (exact) mass is 249 g/mol. The van der Waals surface area contributed by atoms with Crippen molar-refractivity contribution in [3.8, 4) is 5.69 Å². The molecule has 6 heteroatoms. The summed E-state index contributed by atoms with van der Waals surface area (Å²) >= 11 is 0. The van der Waals surface area contributed by atoms with Crippen LogP contribution in [0.1, 0.15) is 19.4 Å². The highest BCUT2D eigenvalue weighted by Gasteiger charge is 2.11. The van der Waals surface area contributed by atoms with E-state index in [1.165, 1.54) is 16.8 Å². The molecular formula is C12H16FN5. The van der Waals surface area contributed by atoms with Gasteiger partial charge in [0.05, 0.1) is 5.69 Å². The normalized spacial score (nSPS) is 10.9. The molecule has 0 unspecified atom stereocenters. The number of anilines is 2. The van der Waals surface area contributed by atoms with E-state index in [0.29, 0.717) is 5.95 Å². The highest BCUT2D eigenvalue weighted by atomic mass is 19.1. The third-order valence-corrected chi connectivity index (χ3v) is 2.44. The van der Waals surface area contributed by atoms with Gasteiger partial charge in [-0.25, -0.2) is 4.39 Å². The minimum absolute atomic E-state index is 0.217. The molecule has 0 saturated heterocycles. The Labute approximate surface area is 105 Å². The summed E-state index contributed by atoms with van der Waals surface area (Å²) in [6.45, 7) is 5.77. The molecule has 0 aliphatic heterocycles. The van der Waals surface area contributed by atoms with E-state index >= 15 is 0 Å². The number of nitrogen functional groups attached to an aromatic ring is 1. The first-order chi connectivity index (χ1) is 8.47. The Morgan fingerprint density at radius 1 is 1.39 bits per heavy atom. The number of aromatic nitrogens is 3. The summed E-state index contributed by atoms with van der Waals surface area (Å²) in [4.78, 5) is 4.12. The summed E-state index contributed by atoms with van der Waals surface area (Å²) in [5.74, 6) is 0.453. The van der Waals surface area contributed by atoms with Crippen molar-refractivity contribution in [2.75, 3.05) is 11.1 Å². The Bertz CT molecular complexity index is 562. The maximum Gasteiger partial charge on any atom is 0.244 e. The Morgan fingerprint density at radius 2 is 2.11 bits per heavy atom. The van der Waals surface area contributed by atoms with Crippen molar-refractivity contribution in [3.63, 3.8) is 0 Å². The zero-order chi connectivity index (χ0) is 13.3. The molecule has 5 nitrogen and oxygen atoms in total. The zero-order valence-corrected chi connectivity index (χ0v) is 10.6. The smallest absolute Gasteiger partial charge is 0.244 e. The number of hydrogen-bond acceptors (Lipinski definition) is 4. The van der Waals surface area contributed by atoms with Crippen LogP contribution in [-0.2, 0) is 0 Å². The van der Waals surface area contributed by atoms with Crippen molar-refractivity contribution < 1.29 is 4.39 Å². The van der Waals surface area contributed by atoms with Crippen molar-refractivity contribution in [2.45, 2.75) is 26.8 Å². The topological polar surface area (TPSA) is 68.8 Å². The summed E-state index contributed by atoms with van der Waals surface area (Å²) in [7, 11) is 0. The van der Waals surface area contributed by atoms with Crippen LogP contribution in [0.25, 0.3) is 5.69 Å². The Balaban J connectivity index is 2.41. The van der Waals surface area contributed by atoms with E-state index in [-0.39, 0.29) is 17.8 Å². The predicted molar refractivity (Wildman–Crippen MR) is 69.2 cm³/mol. The van der Waals surface area contributed by atoms with E-state index in [0.717, 1.165) is 11.3 Å². The minimum Gasteiger partial charge on any atom is -0.368 e. The second-order valence-corrected chi connectivity index (χ2v) is 4.44. The van der Waals surface area contributed by atoms with Crippen LogP contribution in [0.2, 0.25) is 0 Å². The maximum absolute atomic E-state index is 13.1. The number of nitrogens with zero attached hydrogens (tertiary/aromatic N) is 3. The number of nitrogens with two attached hydrogens (primary N) is 1. The molecule has 0 radical (unpaired) electrons. The van der Waals surface area contributed by atoms with Crippen molar-refractivity contribution in [3.05, 3.63) is 29.6 Å². The third-order valence-electron chi connectivity index (χ3n) is 2.44. The molecule has 96 valence electrons. The molecule has 0 saturated carbocycles. The molecule has 2 rings (SSSR count). The van der Waals surface area contributed by atoms with Crippen LogP contribution in [0.3, 0.4) is 0 Å². The van der Waals surface area contributed by atoms with Crippen LogP contribution in [0.4, 0.5) is 16.3 Å². The lowest BCUT2D eigenvalue weighted by molar-refractivity contribution is 0.625. The molecule has 0 aliphatic carbocycles. The fraction of sp³-hybridized carbons (Fsp3) is 0.333. The van der Waals surface area contributed by atoms with Gasteiger partial charge < -0.3 is 11.1 Å². The van der Waals surface area contributed by atoms with Gasteiger partial charge in [-0.3, -0.25) is 0 Å². The molecule has 1 aromatic carbocycles. The van der Waals surface area contributed by atoms with Gasteiger partial charge in [-0.1, -0.05) is 0 Å². The SMILES string of the molecule is Cc1cc(F)ccc1-n1nc(NC(C)C)nc1N. The molecule has 0 bridgehead atoms. The summed E-state index contributed by atoms with van der Waals surface area (Å²) in [6.07, 6.45) is 0. The largest absolute Gasteiger partial charge is 0.368 e. The van der Waals surface area contributed by atoms with Gasteiger partial charge in [-0.15, -0.1) is 5.10 Å². The van der Waals surface area contributed by atoms with E-state index < -0.39 is 0 Å². The van der Waals surface area contributed by atoms with E-state index in [9.17, 15) is 4.39 Å². The molecule has 3 N–H and O–H groups in total. The van der Waals surface area contributed by atoms with Gasteiger partial charge >= 0.3 is 0 Å². The number of hydrogen-bond donors (Lipinski definition) is 2. The first-order valence-corrected chi connectivity index (χ1v) is 5.73. The molecule has 0 atom stereocenters.